The van der Waals surface area contributed by atoms with Crippen molar-refractivity contribution in [2.75, 3.05) is 26.3 Å². The number of rotatable bonds is 3. The summed E-state index contributed by atoms with van der Waals surface area (Å²) in [5.74, 6) is 0. The van der Waals surface area contributed by atoms with E-state index in [9.17, 15) is 0 Å². The topological polar surface area (TPSA) is 12.5 Å². The van der Waals surface area contributed by atoms with Crippen LogP contribution >= 0.6 is 0 Å². The third-order valence-corrected chi connectivity index (χ3v) is 2.90. The molecular formula is C11H21NO. The van der Waals surface area contributed by atoms with Crippen molar-refractivity contribution >= 4 is 0 Å². The van der Waals surface area contributed by atoms with Gasteiger partial charge in [0.25, 0.3) is 0 Å². The SMILES string of the molecule is C=C(C)CN1CCOCC1(C)CC. The monoisotopic (exact) mass is 183 g/mol. The molecule has 1 heterocycles. The number of nitrogens with zero attached hydrogens (tertiary/aromatic N) is 1. The Labute approximate surface area is 81.6 Å². The van der Waals surface area contributed by atoms with Crippen LogP contribution in [0.2, 0.25) is 0 Å². The largest absolute Gasteiger partial charge is 0.378 e. The first kappa shape index (κ1) is 10.7. The van der Waals surface area contributed by atoms with Gasteiger partial charge in [0.2, 0.25) is 0 Å². The van der Waals surface area contributed by atoms with Gasteiger partial charge < -0.3 is 4.74 Å². The normalized spacial score (nSPS) is 30.4. The second-order valence-corrected chi connectivity index (χ2v) is 4.28. The lowest BCUT2D eigenvalue weighted by Crippen LogP contribution is -2.54. The van der Waals surface area contributed by atoms with Gasteiger partial charge in [-0.3, -0.25) is 4.90 Å². The molecule has 0 radical (unpaired) electrons. The van der Waals surface area contributed by atoms with Crippen molar-refractivity contribution in [2.45, 2.75) is 32.7 Å². The van der Waals surface area contributed by atoms with Gasteiger partial charge in [0.1, 0.15) is 0 Å². The zero-order chi connectivity index (χ0) is 9.90. The van der Waals surface area contributed by atoms with Crippen molar-refractivity contribution in [1.82, 2.24) is 4.90 Å². The Morgan fingerprint density at radius 3 is 2.85 bits per heavy atom. The fourth-order valence-corrected chi connectivity index (χ4v) is 1.75. The van der Waals surface area contributed by atoms with Gasteiger partial charge in [-0.15, -0.1) is 0 Å². The molecule has 1 aliphatic rings. The average molecular weight is 183 g/mol. The highest BCUT2D eigenvalue weighted by atomic mass is 16.5. The van der Waals surface area contributed by atoms with E-state index in [0.717, 1.165) is 32.7 Å². The minimum atomic E-state index is 0.219. The Hall–Kier alpha value is -0.340. The molecule has 13 heavy (non-hydrogen) atoms. The molecule has 0 N–H and O–H groups in total. The van der Waals surface area contributed by atoms with E-state index in [1.165, 1.54) is 5.57 Å². The number of hydrogen-bond donors (Lipinski definition) is 0. The molecule has 0 aromatic rings. The summed E-state index contributed by atoms with van der Waals surface area (Å²) < 4.78 is 5.52. The standard InChI is InChI=1S/C11H21NO/c1-5-11(4)9-13-7-6-12(11)8-10(2)3/h2,5-9H2,1,3-4H3. The van der Waals surface area contributed by atoms with Crippen LogP contribution < -0.4 is 0 Å². The molecule has 0 amide bonds. The lowest BCUT2D eigenvalue weighted by atomic mass is 9.95. The van der Waals surface area contributed by atoms with E-state index in [0.29, 0.717) is 0 Å². The van der Waals surface area contributed by atoms with Crippen LogP contribution in [0.3, 0.4) is 0 Å². The summed E-state index contributed by atoms with van der Waals surface area (Å²) in [5, 5.41) is 0. The number of ether oxygens (including phenoxy) is 1. The third kappa shape index (κ3) is 2.55. The zero-order valence-corrected chi connectivity index (χ0v) is 9.10. The molecule has 1 atom stereocenters. The summed E-state index contributed by atoms with van der Waals surface area (Å²) in [7, 11) is 0. The van der Waals surface area contributed by atoms with Crippen LogP contribution in [0.15, 0.2) is 12.2 Å². The van der Waals surface area contributed by atoms with Crippen molar-refractivity contribution in [3.63, 3.8) is 0 Å². The maximum absolute atomic E-state index is 5.52. The number of morpholine rings is 1. The Balaban J connectivity index is 2.61. The molecule has 1 fully saturated rings. The molecule has 2 heteroatoms. The molecule has 1 rings (SSSR count). The van der Waals surface area contributed by atoms with Gasteiger partial charge in [-0.1, -0.05) is 19.1 Å². The van der Waals surface area contributed by atoms with Gasteiger partial charge in [0.05, 0.1) is 13.2 Å². The smallest absolute Gasteiger partial charge is 0.0648 e. The fraction of sp³-hybridized carbons (Fsp3) is 0.818. The van der Waals surface area contributed by atoms with E-state index >= 15 is 0 Å². The molecule has 0 aromatic heterocycles. The second kappa shape index (κ2) is 4.25. The summed E-state index contributed by atoms with van der Waals surface area (Å²) in [6, 6.07) is 0. The minimum absolute atomic E-state index is 0.219. The summed E-state index contributed by atoms with van der Waals surface area (Å²) in [6.45, 7) is 14.3. The fourth-order valence-electron chi connectivity index (χ4n) is 1.75. The minimum Gasteiger partial charge on any atom is -0.378 e. The van der Waals surface area contributed by atoms with Crippen molar-refractivity contribution in [3.05, 3.63) is 12.2 Å². The van der Waals surface area contributed by atoms with Crippen LogP contribution in [0.5, 0.6) is 0 Å². The van der Waals surface area contributed by atoms with Crippen LogP contribution in [-0.2, 0) is 4.74 Å². The van der Waals surface area contributed by atoms with E-state index in [4.69, 9.17) is 4.74 Å². The van der Waals surface area contributed by atoms with Crippen LogP contribution in [-0.4, -0.2) is 36.7 Å². The molecule has 1 saturated heterocycles. The van der Waals surface area contributed by atoms with Crippen molar-refractivity contribution < 1.29 is 4.74 Å². The first-order valence-corrected chi connectivity index (χ1v) is 5.05. The van der Waals surface area contributed by atoms with Crippen LogP contribution in [0, 0.1) is 0 Å². The van der Waals surface area contributed by atoms with Crippen LogP contribution in [0.4, 0.5) is 0 Å². The summed E-state index contributed by atoms with van der Waals surface area (Å²) in [4.78, 5) is 2.48. The Bertz CT molecular complexity index is 191. The Kier molecular flexibility index (Phi) is 3.51. The Morgan fingerprint density at radius 2 is 2.31 bits per heavy atom. The molecule has 0 bridgehead atoms. The van der Waals surface area contributed by atoms with Gasteiger partial charge in [-0.05, 0) is 20.3 Å². The molecule has 2 nitrogen and oxygen atoms in total. The molecule has 0 saturated carbocycles. The van der Waals surface area contributed by atoms with Gasteiger partial charge in [-0.25, -0.2) is 0 Å². The van der Waals surface area contributed by atoms with Gasteiger partial charge in [0, 0.05) is 18.6 Å². The molecule has 0 aliphatic carbocycles. The third-order valence-electron chi connectivity index (χ3n) is 2.90. The molecule has 0 spiro atoms. The zero-order valence-electron chi connectivity index (χ0n) is 9.10. The lowest BCUT2D eigenvalue weighted by Gasteiger charge is -2.44. The van der Waals surface area contributed by atoms with Crippen molar-refractivity contribution in [1.29, 1.82) is 0 Å². The van der Waals surface area contributed by atoms with Crippen molar-refractivity contribution in [3.8, 4) is 0 Å². The molecule has 0 aromatic carbocycles. The van der Waals surface area contributed by atoms with Gasteiger partial charge in [-0.2, -0.15) is 0 Å². The highest BCUT2D eigenvalue weighted by Gasteiger charge is 2.32. The van der Waals surface area contributed by atoms with E-state index in [2.05, 4.69) is 32.3 Å². The van der Waals surface area contributed by atoms with E-state index < -0.39 is 0 Å². The lowest BCUT2D eigenvalue weighted by molar-refractivity contribution is -0.0571. The molecular weight excluding hydrogens is 162 g/mol. The highest BCUT2D eigenvalue weighted by Crippen LogP contribution is 2.23. The van der Waals surface area contributed by atoms with E-state index in [1.807, 2.05) is 0 Å². The maximum atomic E-state index is 5.52. The van der Waals surface area contributed by atoms with Crippen LogP contribution in [0.25, 0.3) is 0 Å². The van der Waals surface area contributed by atoms with Gasteiger partial charge >= 0.3 is 0 Å². The van der Waals surface area contributed by atoms with Crippen LogP contribution in [0.1, 0.15) is 27.2 Å². The summed E-state index contributed by atoms with van der Waals surface area (Å²) in [6.07, 6.45) is 1.14. The summed E-state index contributed by atoms with van der Waals surface area (Å²) in [5.41, 5.74) is 1.46. The van der Waals surface area contributed by atoms with E-state index in [-0.39, 0.29) is 5.54 Å². The molecule has 1 unspecified atom stereocenters. The Morgan fingerprint density at radius 1 is 1.62 bits per heavy atom. The number of hydrogen-bond acceptors (Lipinski definition) is 2. The first-order chi connectivity index (χ1) is 6.08. The maximum Gasteiger partial charge on any atom is 0.0648 e. The second-order valence-electron chi connectivity index (χ2n) is 4.28. The van der Waals surface area contributed by atoms with E-state index in [1.54, 1.807) is 0 Å². The van der Waals surface area contributed by atoms with Crippen molar-refractivity contribution in [2.24, 2.45) is 0 Å². The quantitative estimate of drug-likeness (QED) is 0.621. The first-order valence-electron chi connectivity index (χ1n) is 5.05. The predicted molar refractivity (Wildman–Crippen MR) is 55.9 cm³/mol. The predicted octanol–water partition coefficient (Wildman–Crippen LogP) is 2.06. The highest BCUT2D eigenvalue weighted by molar-refractivity contribution is 4.98. The average Bonchev–Trinajstić information content (AvgIpc) is 2.09. The summed E-state index contributed by atoms with van der Waals surface area (Å²) >= 11 is 0. The molecule has 1 aliphatic heterocycles. The molecule has 76 valence electrons. The van der Waals surface area contributed by atoms with Gasteiger partial charge in [0.15, 0.2) is 0 Å².